The molecule has 2 aliphatic rings. The van der Waals surface area contributed by atoms with Crippen LogP contribution in [0.25, 0.3) is 0 Å². The molecule has 1 aromatic carbocycles. The number of aromatic amines is 1. The van der Waals surface area contributed by atoms with Gasteiger partial charge in [0.1, 0.15) is 11.4 Å². The second-order valence-electron chi connectivity index (χ2n) is 8.27. The van der Waals surface area contributed by atoms with Crippen LogP contribution in [0.1, 0.15) is 40.9 Å². The fourth-order valence-corrected chi connectivity index (χ4v) is 4.67. The van der Waals surface area contributed by atoms with Crippen molar-refractivity contribution in [3.63, 3.8) is 0 Å². The highest BCUT2D eigenvalue weighted by atomic mass is 19.1. The Balaban J connectivity index is 1.45. The number of rotatable bonds is 3. The summed E-state index contributed by atoms with van der Waals surface area (Å²) in [6.45, 7) is 5.52. The number of carbonyl (C=O) groups is 1. The number of aryl methyl sites for hydroxylation is 1. The first-order valence-electron chi connectivity index (χ1n) is 9.91. The molecule has 3 heterocycles. The topological polar surface area (TPSA) is 56.4 Å². The number of benzene rings is 1. The number of amides is 1. The van der Waals surface area contributed by atoms with Crippen molar-refractivity contribution < 1.29 is 9.18 Å². The van der Waals surface area contributed by atoms with Gasteiger partial charge in [-0.25, -0.2) is 4.39 Å². The summed E-state index contributed by atoms with van der Waals surface area (Å²) in [5.74, 6) is -0.353. The van der Waals surface area contributed by atoms with E-state index in [1.807, 2.05) is 17.0 Å². The summed E-state index contributed by atoms with van der Waals surface area (Å²) in [6.07, 6.45) is 3.03. The molecule has 2 saturated heterocycles. The molecule has 28 heavy (non-hydrogen) atoms. The van der Waals surface area contributed by atoms with Crippen molar-refractivity contribution in [2.24, 2.45) is 5.41 Å². The molecular formula is C22H26FN3O2. The molecule has 5 nitrogen and oxygen atoms in total. The first-order valence-corrected chi connectivity index (χ1v) is 9.91. The smallest absolute Gasteiger partial charge is 0.260 e. The number of hydrogen-bond acceptors (Lipinski definition) is 3. The zero-order valence-corrected chi connectivity index (χ0v) is 16.2. The number of likely N-dealkylation sites (tertiary alicyclic amines) is 2. The van der Waals surface area contributed by atoms with Crippen molar-refractivity contribution in [3.05, 3.63) is 69.4 Å². The summed E-state index contributed by atoms with van der Waals surface area (Å²) in [4.78, 5) is 31.8. The molecule has 1 aromatic heterocycles. The number of hydrogen-bond donors (Lipinski definition) is 1. The van der Waals surface area contributed by atoms with E-state index in [0.717, 1.165) is 43.6 Å². The SMILES string of the molecule is Cc1ccc(C(=O)N2CC[C@]3(CCCN(Cc4ccccc4F)C3)C2)c(=O)[nH]1. The van der Waals surface area contributed by atoms with E-state index in [9.17, 15) is 14.0 Å². The fraction of sp³-hybridized carbons (Fsp3) is 0.455. The molecule has 1 spiro atoms. The van der Waals surface area contributed by atoms with Gasteiger partial charge in [0, 0.05) is 42.9 Å². The van der Waals surface area contributed by atoms with Crippen LogP contribution < -0.4 is 5.56 Å². The maximum Gasteiger partial charge on any atom is 0.260 e. The van der Waals surface area contributed by atoms with E-state index in [-0.39, 0.29) is 28.3 Å². The number of pyridine rings is 1. The Kier molecular flexibility index (Phi) is 5.06. The van der Waals surface area contributed by atoms with Gasteiger partial charge in [0.15, 0.2) is 0 Å². The second-order valence-corrected chi connectivity index (χ2v) is 8.27. The summed E-state index contributed by atoms with van der Waals surface area (Å²) < 4.78 is 14.0. The number of H-pyrrole nitrogens is 1. The fourth-order valence-electron chi connectivity index (χ4n) is 4.67. The summed E-state index contributed by atoms with van der Waals surface area (Å²) in [5, 5.41) is 0. The summed E-state index contributed by atoms with van der Waals surface area (Å²) in [7, 11) is 0. The molecule has 1 amide bonds. The van der Waals surface area contributed by atoms with Gasteiger partial charge >= 0.3 is 0 Å². The molecule has 2 aromatic rings. The standard InChI is InChI=1S/C22H26FN3O2/c1-16-7-8-18(20(27)24-16)21(28)26-12-10-22(15-26)9-4-11-25(14-22)13-17-5-2-3-6-19(17)23/h2-3,5-8H,4,9-15H2,1H3,(H,24,27)/t22-/m0/s1. The maximum absolute atomic E-state index is 14.0. The van der Waals surface area contributed by atoms with Gasteiger partial charge in [0.05, 0.1) is 0 Å². The summed E-state index contributed by atoms with van der Waals surface area (Å²) in [5.41, 5.74) is 1.39. The lowest BCUT2D eigenvalue weighted by atomic mass is 9.79. The van der Waals surface area contributed by atoms with Gasteiger partial charge < -0.3 is 9.88 Å². The Morgan fingerprint density at radius 1 is 1.14 bits per heavy atom. The van der Waals surface area contributed by atoms with Gasteiger partial charge in [0.25, 0.3) is 11.5 Å². The Bertz CT molecular complexity index is 941. The van der Waals surface area contributed by atoms with Crippen molar-refractivity contribution >= 4 is 5.91 Å². The van der Waals surface area contributed by atoms with E-state index in [1.54, 1.807) is 25.1 Å². The molecule has 4 rings (SSSR count). The van der Waals surface area contributed by atoms with E-state index >= 15 is 0 Å². The third-order valence-electron chi connectivity index (χ3n) is 6.10. The Labute approximate surface area is 164 Å². The van der Waals surface area contributed by atoms with Crippen LogP contribution in [0.15, 0.2) is 41.2 Å². The van der Waals surface area contributed by atoms with E-state index < -0.39 is 0 Å². The third kappa shape index (κ3) is 3.74. The minimum absolute atomic E-state index is 0.0383. The first-order chi connectivity index (χ1) is 13.5. The number of nitrogens with one attached hydrogen (secondary N) is 1. The predicted octanol–water partition coefficient (Wildman–Crippen LogP) is 2.95. The van der Waals surface area contributed by atoms with Crippen LogP contribution in [-0.2, 0) is 6.54 Å². The van der Waals surface area contributed by atoms with E-state index in [4.69, 9.17) is 0 Å². The zero-order chi connectivity index (χ0) is 19.7. The van der Waals surface area contributed by atoms with Crippen LogP contribution in [-0.4, -0.2) is 46.9 Å². The largest absolute Gasteiger partial charge is 0.338 e. The second kappa shape index (κ2) is 7.51. The first kappa shape index (κ1) is 18.9. The lowest BCUT2D eigenvalue weighted by molar-refractivity contribution is 0.0672. The normalized spacial score (nSPS) is 22.7. The van der Waals surface area contributed by atoms with E-state index in [2.05, 4.69) is 9.88 Å². The molecule has 0 saturated carbocycles. The Hall–Kier alpha value is -2.47. The Morgan fingerprint density at radius 3 is 2.75 bits per heavy atom. The Morgan fingerprint density at radius 2 is 1.96 bits per heavy atom. The lowest BCUT2D eigenvalue weighted by Gasteiger charge is -2.40. The molecule has 1 N–H and O–H groups in total. The zero-order valence-electron chi connectivity index (χ0n) is 16.2. The number of aromatic nitrogens is 1. The van der Waals surface area contributed by atoms with Crippen molar-refractivity contribution in [3.8, 4) is 0 Å². The molecular weight excluding hydrogens is 357 g/mol. The molecule has 2 fully saturated rings. The molecule has 0 radical (unpaired) electrons. The third-order valence-corrected chi connectivity index (χ3v) is 6.10. The minimum atomic E-state index is -0.323. The minimum Gasteiger partial charge on any atom is -0.338 e. The quantitative estimate of drug-likeness (QED) is 0.887. The predicted molar refractivity (Wildman–Crippen MR) is 106 cm³/mol. The number of nitrogens with zero attached hydrogens (tertiary/aromatic N) is 2. The molecule has 0 aliphatic carbocycles. The molecule has 6 heteroatoms. The highest BCUT2D eigenvalue weighted by molar-refractivity contribution is 5.94. The van der Waals surface area contributed by atoms with Crippen molar-refractivity contribution in [2.75, 3.05) is 26.2 Å². The lowest BCUT2D eigenvalue weighted by Crippen LogP contribution is -2.45. The van der Waals surface area contributed by atoms with Gasteiger partial charge in [0.2, 0.25) is 0 Å². The van der Waals surface area contributed by atoms with Crippen LogP contribution in [0, 0.1) is 18.2 Å². The van der Waals surface area contributed by atoms with E-state index in [0.29, 0.717) is 19.6 Å². The van der Waals surface area contributed by atoms with Gasteiger partial charge in [-0.1, -0.05) is 18.2 Å². The van der Waals surface area contributed by atoms with Gasteiger partial charge in [-0.3, -0.25) is 14.5 Å². The number of piperidine rings is 1. The highest BCUT2D eigenvalue weighted by Gasteiger charge is 2.43. The van der Waals surface area contributed by atoms with Crippen molar-refractivity contribution in [1.82, 2.24) is 14.8 Å². The summed E-state index contributed by atoms with van der Waals surface area (Å²) in [6, 6.07) is 10.3. The summed E-state index contributed by atoms with van der Waals surface area (Å²) >= 11 is 0. The average Bonchev–Trinajstić information content (AvgIpc) is 3.06. The molecule has 0 unspecified atom stereocenters. The molecule has 2 aliphatic heterocycles. The molecule has 1 atom stereocenters. The van der Waals surface area contributed by atoms with Crippen LogP contribution in [0.2, 0.25) is 0 Å². The molecule has 148 valence electrons. The van der Waals surface area contributed by atoms with Gasteiger partial charge in [-0.2, -0.15) is 0 Å². The maximum atomic E-state index is 14.0. The number of carbonyl (C=O) groups excluding carboxylic acids is 1. The van der Waals surface area contributed by atoms with E-state index in [1.165, 1.54) is 6.07 Å². The average molecular weight is 383 g/mol. The van der Waals surface area contributed by atoms with Gasteiger partial charge in [-0.05, 0) is 50.9 Å². The van der Waals surface area contributed by atoms with Crippen LogP contribution in [0.5, 0.6) is 0 Å². The number of halogens is 1. The molecule has 0 bridgehead atoms. The highest BCUT2D eigenvalue weighted by Crippen LogP contribution is 2.39. The van der Waals surface area contributed by atoms with Crippen LogP contribution in [0.4, 0.5) is 4.39 Å². The van der Waals surface area contributed by atoms with Crippen molar-refractivity contribution in [2.45, 2.75) is 32.7 Å². The van der Waals surface area contributed by atoms with Crippen LogP contribution in [0.3, 0.4) is 0 Å². The van der Waals surface area contributed by atoms with Crippen LogP contribution >= 0.6 is 0 Å². The monoisotopic (exact) mass is 383 g/mol. The van der Waals surface area contributed by atoms with Gasteiger partial charge in [-0.15, -0.1) is 0 Å². The van der Waals surface area contributed by atoms with Crippen molar-refractivity contribution in [1.29, 1.82) is 0 Å².